The van der Waals surface area contributed by atoms with E-state index >= 15 is 0 Å². The van der Waals surface area contributed by atoms with Crippen LogP contribution in [-0.4, -0.2) is 25.1 Å². The van der Waals surface area contributed by atoms with Crippen LogP contribution in [0.5, 0.6) is 5.75 Å². The number of anilines is 1. The number of carbonyl (C=O) groups is 2. The van der Waals surface area contributed by atoms with Gasteiger partial charge in [-0.3, -0.25) is 9.59 Å². The fourth-order valence-corrected chi connectivity index (χ4v) is 2.31. The standard InChI is InChI=1S/C18H17F3N2O3/c1-26-15-10-6-5-9-13(15)22-16(24)11-14(12-7-3-2-4-8-12)23-17(25)18(19,20)21/h2-10,14H,11H2,1H3,(H,22,24)(H,23,25). The zero-order valence-corrected chi connectivity index (χ0v) is 13.8. The molecule has 8 heteroatoms. The molecule has 2 aromatic rings. The summed E-state index contributed by atoms with van der Waals surface area (Å²) >= 11 is 0. The average Bonchev–Trinajstić information content (AvgIpc) is 2.61. The number of alkyl halides is 3. The van der Waals surface area contributed by atoms with Crippen molar-refractivity contribution in [1.82, 2.24) is 5.32 Å². The summed E-state index contributed by atoms with van der Waals surface area (Å²) in [5, 5.41) is 4.44. The fourth-order valence-electron chi connectivity index (χ4n) is 2.31. The van der Waals surface area contributed by atoms with Crippen molar-refractivity contribution >= 4 is 17.5 Å². The quantitative estimate of drug-likeness (QED) is 0.823. The molecule has 2 N–H and O–H groups in total. The lowest BCUT2D eigenvalue weighted by atomic mass is 10.0. The van der Waals surface area contributed by atoms with Crippen molar-refractivity contribution in [2.24, 2.45) is 0 Å². The van der Waals surface area contributed by atoms with Crippen LogP contribution in [0.15, 0.2) is 54.6 Å². The van der Waals surface area contributed by atoms with Crippen molar-refractivity contribution in [2.45, 2.75) is 18.6 Å². The molecule has 2 aromatic carbocycles. The van der Waals surface area contributed by atoms with Gasteiger partial charge in [0.2, 0.25) is 5.91 Å². The molecule has 0 radical (unpaired) electrons. The predicted molar refractivity (Wildman–Crippen MR) is 89.6 cm³/mol. The lowest BCUT2D eigenvalue weighted by Gasteiger charge is -2.20. The van der Waals surface area contributed by atoms with E-state index in [-0.39, 0.29) is 6.42 Å². The van der Waals surface area contributed by atoms with Gasteiger partial charge in [-0.15, -0.1) is 0 Å². The van der Waals surface area contributed by atoms with Crippen molar-refractivity contribution in [3.8, 4) is 5.75 Å². The smallest absolute Gasteiger partial charge is 0.471 e. The fraction of sp³-hybridized carbons (Fsp3) is 0.222. The molecular weight excluding hydrogens is 349 g/mol. The molecule has 1 atom stereocenters. The molecule has 0 heterocycles. The van der Waals surface area contributed by atoms with E-state index in [0.717, 1.165) is 0 Å². The minimum Gasteiger partial charge on any atom is -0.495 e. The van der Waals surface area contributed by atoms with Gasteiger partial charge < -0.3 is 15.4 Å². The lowest BCUT2D eigenvalue weighted by Crippen LogP contribution is -2.40. The molecule has 0 aliphatic carbocycles. The molecule has 138 valence electrons. The number of carbonyl (C=O) groups excluding carboxylic acids is 2. The molecule has 0 spiro atoms. The maximum Gasteiger partial charge on any atom is 0.471 e. The number of methoxy groups -OCH3 is 1. The molecule has 1 unspecified atom stereocenters. The molecule has 0 bridgehead atoms. The molecule has 2 rings (SSSR count). The Kier molecular flexibility index (Phi) is 6.21. The second-order valence-corrected chi connectivity index (χ2v) is 5.39. The second-order valence-electron chi connectivity index (χ2n) is 5.39. The van der Waals surface area contributed by atoms with Gasteiger partial charge in [-0.05, 0) is 17.7 Å². The molecule has 0 saturated carbocycles. The summed E-state index contributed by atoms with van der Waals surface area (Å²) in [4.78, 5) is 23.6. The largest absolute Gasteiger partial charge is 0.495 e. The van der Waals surface area contributed by atoms with Gasteiger partial charge in [-0.1, -0.05) is 42.5 Å². The van der Waals surface area contributed by atoms with Crippen LogP contribution in [-0.2, 0) is 9.59 Å². The molecule has 0 aromatic heterocycles. The van der Waals surface area contributed by atoms with Crippen LogP contribution >= 0.6 is 0 Å². The summed E-state index contributed by atoms with van der Waals surface area (Å²) in [6, 6.07) is 13.5. The number of para-hydroxylation sites is 2. The molecule has 0 aliphatic heterocycles. The molecule has 0 fully saturated rings. The maximum atomic E-state index is 12.6. The number of rotatable bonds is 6. The Hall–Kier alpha value is -3.03. The lowest BCUT2D eigenvalue weighted by molar-refractivity contribution is -0.174. The topological polar surface area (TPSA) is 67.4 Å². The number of hydrogen-bond acceptors (Lipinski definition) is 3. The summed E-state index contributed by atoms with van der Waals surface area (Å²) in [6.45, 7) is 0. The van der Waals surface area contributed by atoms with Crippen LogP contribution in [0.3, 0.4) is 0 Å². The van der Waals surface area contributed by atoms with Crippen molar-refractivity contribution in [3.63, 3.8) is 0 Å². The Morgan fingerprint density at radius 2 is 1.65 bits per heavy atom. The van der Waals surface area contributed by atoms with Crippen LogP contribution in [0.4, 0.5) is 18.9 Å². The normalized spacial score (nSPS) is 12.2. The van der Waals surface area contributed by atoms with Crippen molar-refractivity contribution < 1.29 is 27.5 Å². The summed E-state index contributed by atoms with van der Waals surface area (Å²) < 4.78 is 42.8. The minimum atomic E-state index is -5.04. The van der Waals surface area contributed by atoms with Gasteiger partial charge in [0.15, 0.2) is 0 Å². The first-order valence-corrected chi connectivity index (χ1v) is 7.66. The Bertz CT molecular complexity index is 764. The Morgan fingerprint density at radius 1 is 1.04 bits per heavy atom. The number of nitrogens with one attached hydrogen (secondary N) is 2. The SMILES string of the molecule is COc1ccccc1NC(=O)CC(NC(=O)C(F)(F)F)c1ccccc1. The summed E-state index contributed by atoms with van der Waals surface area (Å²) in [5.74, 6) is -2.25. The summed E-state index contributed by atoms with van der Waals surface area (Å²) in [7, 11) is 1.43. The van der Waals surface area contributed by atoms with Crippen LogP contribution in [0.25, 0.3) is 0 Å². The molecular formula is C18H17F3N2O3. The van der Waals surface area contributed by atoms with E-state index in [1.54, 1.807) is 42.5 Å². The zero-order chi connectivity index (χ0) is 19.2. The van der Waals surface area contributed by atoms with E-state index in [1.807, 2.05) is 5.32 Å². The maximum absolute atomic E-state index is 12.6. The van der Waals surface area contributed by atoms with E-state index in [9.17, 15) is 22.8 Å². The van der Waals surface area contributed by atoms with Gasteiger partial charge in [0.1, 0.15) is 5.75 Å². The molecule has 0 saturated heterocycles. The average molecular weight is 366 g/mol. The number of ether oxygens (including phenoxy) is 1. The third-order valence-electron chi connectivity index (χ3n) is 3.54. The van der Waals surface area contributed by atoms with E-state index in [0.29, 0.717) is 17.0 Å². The third-order valence-corrected chi connectivity index (χ3v) is 3.54. The van der Waals surface area contributed by atoms with Gasteiger partial charge in [0.25, 0.3) is 0 Å². The monoisotopic (exact) mass is 366 g/mol. The molecule has 5 nitrogen and oxygen atoms in total. The molecule has 2 amide bonds. The van der Waals surface area contributed by atoms with E-state index < -0.39 is 24.0 Å². The predicted octanol–water partition coefficient (Wildman–Crippen LogP) is 3.44. The highest BCUT2D eigenvalue weighted by Crippen LogP contribution is 2.25. The Labute approximate surface area is 148 Å². The summed E-state index contributed by atoms with van der Waals surface area (Å²) in [6.07, 6.45) is -5.41. The highest BCUT2D eigenvalue weighted by Gasteiger charge is 2.40. The number of benzene rings is 2. The first-order chi connectivity index (χ1) is 12.3. The van der Waals surface area contributed by atoms with Crippen LogP contribution in [0.2, 0.25) is 0 Å². The number of amides is 2. The zero-order valence-electron chi connectivity index (χ0n) is 13.8. The molecule has 26 heavy (non-hydrogen) atoms. The Balaban J connectivity index is 2.15. The van der Waals surface area contributed by atoms with Gasteiger partial charge in [-0.25, -0.2) is 0 Å². The van der Waals surface area contributed by atoms with Gasteiger partial charge in [0.05, 0.1) is 25.3 Å². The minimum absolute atomic E-state index is 0.371. The van der Waals surface area contributed by atoms with E-state index in [2.05, 4.69) is 5.32 Å². The molecule has 0 aliphatic rings. The van der Waals surface area contributed by atoms with E-state index in [1.165, 1.54) is 19.2 Å². The summed E-state index contributed by atoms with van der Waals surface area (Å²) in [5.41, 5.74) is 0.772. The van der Waals surface area contributed by atoms with Crippen molar-refractivity contribution in [1.29, 1.82) is 0 Å². The van der Waals surface area contributed by atoms with Gasteiger partial charge in [0, 0.05) is 0 Å². The first kappa shape index (κ1) is 19.3. The van der Waals surface area contributed by atoms with Gasteiger partial charge in [-0.2, -0.15) is 13.2 Å². The van der Waals surface area contributed by atoms with Crippen LogP contribution in [0, 0.1) is 0 Å². The second kappa shape index (κ2) is 8.37. The number of halogens is 3. The highest BCUT2D eigenvalue weighted by atomic mass is 19.4. The van der Waals surface area contributed by atoms with Crippen LogP contribution < -0.4 is 15.4 Å². The number of hydrogen-bond donors (Lipinski definition) is 2. The van der Waals surface area contributed by atoms with Crippen LogP contribution in [0.1, 0.15) is 18.0 Å². The van der Waals surface area contributed by atoms with Crippen molar-refractivity contribution in [2.75, 3.05) is 12.4 Å². The highest BCUT2D eigenvalue weighted by molar-refractivity contribution is 5.93. The van der Waals surface area contributed by atoms with Crippen molar-refractivity contribution in [3.05, 3.63) is 60.2 Å². The van der Waals surface area contributed by atoms with E-state index in [4.69, 9.17) is 4.74 Å². The third kappa shape index (κ3) is 5.23. The van der Waals surface area contributed by atoms with Gasteiger partial charge >= 0.3 is 12.1 Å². The Morgan fingerprint density at radius 3 is 2.27 bits per heavy atom. The first-order valence-electron chi connectivity index (χ1n) is 7.66.